The molecule has 0 unspecified atom stereocenters. The molecular formula is C20H35NO6. The van der Waals surface area contributed by atoms with Crippen LogP contribution in [0.5, 0.6) is 0 Å². The first-order valence-corrected chi connectivity index (χ1v) is 9.85. The second-order valence-electron chi connectivity index (χ2n) is 8.22. The molecule has 7 nitrogen and oxygen atoms in total. The fraction of sp³-hybridized carbons (Fsp3) is 0.850. The summed E-state index contributed by atoms with van der Waals surface area (Å²) in [5, 5.41) is 0. The predicted octanol–water partition coefficient (Wildman–Crippen LogP) is 3.55. The lowest BCUT2D eigenvalue weighted by Gasteiger charge is -2.34. The molecule has 0 radical (unpaired) electrons. The number of hydrogen-bond acceptors (Lipinski definition) is 6. The summed E-state index contributed by atoms with van der Waals surface area (Å²) in [4.78, 5) is 38.5. The molecule has 0 aromatic rings. The SMILES string of the molecule is CCOC(=O)C(C)(CCC1CCN(C(=O)OC(C)(C)C)CC1)C(=O)OCC. The number of hydrogen-bond donors (Lipinski definition) is 0. The number of carbonyl (C=O) groups is 3. The maximum Gasteiger partial charge on any atom is 0.410 e. The van der Waals surface area contributed by atoms with Crippen molar-refractivity contribution in [3.8, 4) is 0 Å². The van der Waals surface area contributed by atoms with Gasteiger partial charge in [-0.15, -0.1) is 0 Å². The highest BCUT2D eigenvalue weighted by atomic mass is 16.6. The second kappa shape index (κ2) is 9.95. The monoisotopic (exact) mass is 385 g/mol. The van der Waals surface area contributed by atoms with E-state index in [1.165, 1.54) is 0 Å². The Labute approximate surface area is 162 Å². The van der Waals surface area contributed by atoms with Crippen LogP contribution in [-0.2, 0) is 23.8 Å². The van der Waals surface area contributed by atoms with Gasteiger partial charge in [-0.2, -0.15) is 0 Å². The molecule has 1 rings (SSSR count). The number of rotatable bonds is 7. The van der Waals surface area contributed by atoms with Gasteiger partial charge >= 0.3 is 18.0 Å². The van der Waals surface area contributed by atoms with Crippen LogP contribution in [0.25, 0.3) is 0 Å². The Morgan fingerprint density at radius 1 is 0.926 bits per heavy atom. The second-order valence-corrected chi connectivity index (χ2v) is 8.22. The standard InChI is InChI=1S/C20H35NO6/c1-7-25-16(22)20(6,17(23)26-8-2)12-9-15-10-13-21(14-11-15)18(24)27-19(3,4)5/h15H,7-14H2,1-6H3. The third-order valence-electron chi connectivity index (χ3n) is 4.77. The molecule has 0 N–H and O–H groups in total. The average molecular weight is 386 g/mol. The number of amides is 1. The predicted molar refractivity (Wildman–Crippen MR) is 101 cm³/mol. The van der Waals surface area contributed by atoms with Crippen molar-refractivity contribution in [3.63, 3.8) is 0 Å². The molecule has 7 heteroatoms. The van der Waals surface area contributed by atoms with Gasteiger partial charge in [0.25, 0.3) is 0 Å². The van der Waals surface area contributed by atoms with Gasteiger partial charge in [0.1, 0.15) is 5.60 Å². The number of carbonyl (C=O) groups excluding carboxylic acids is 3. The minimum atomic E-state index is -1.28. The number of esters is 2. The van der Waals surface area contributed by atoms with Gasteiger partial charge in [-0.05, 0) is 73.1 Å². The lowest BCUT2D eigenvalue weighted by molar-refractivity contribution is -0.171. The van der Waals surface area contributed by atoms with E-state index in [0.717, 1.165) is 12.8 Å². The van der Waals surface area contributed by atoms with Crippen LogP contribution in [0.2, 0.25) is 0 Å². The van der Waals surface area contributed by atoms with E-state index in [1.807, 2.05) is 20.8 Å². The zero-order chi connectivity index (χ0) is 20.7. The summed E-state index contributed by atoms with van der Waals surface area (Å²) in [6, 6.07) is 0. The fourth-order valence-electron chi connectivity index (χ4n) is 3.09. The smallest absolute Gasteiger partial charge is 0.410 e. The Hall–Kier alpha value is -1.79. The lowest BCUT2D eigenvalue weighted by Crippen LogP contribution is -2.43. The van der Waals surface area contributed by atoms with Crippen molar-refractivity contribution < 1.29 is 28.6 Å². The molecule has 1 fully saturated rings. The van der Waals surface area contributed by atoms with Gasteiger partial charge in [0.05, 0.1) is 13.2 Å². The van der Waals surface area contributed by atoms with Crippen molar-refractivity contribution in [1.29, 1.82) is 0 Å². The summed E-state index contributed by atoms with van der Waals surface area (Å²) in [6.45, 7) is 12.3. The first kappa shape index (κ1) is 23.2. The topological polar surface area (TPSA) is 82.1 Å². The quantitative estimate of drug-likeness (QED) is 0.379. The van der Waals surface area contributed by atoms with Crippen LogP contribution in [-0.4, -0.2) is 54.8 Å². The third-order valence-corrected chi connectivity index (χ3v) is 4.77. The van der Waals surface area contributed by atoms with Crippen LogP contribution in [0.15, 0.2) is 0 Å². The van der Waals surface area contributed by atoms with Gasteiger partial charge in [-0.1, -0.05) is 0 Å². The number of likely N-dealkylation sites (tertiary alicyclic amines) is 1. The molecule has 1 amide bonds. The van der Waals surface area contributed by atoms with Gasteiger partial charge < -0.3 is 19.1 Å². The van der Waals surface area contributed by atoms with Crippen molar-refractivity contribution >= 4 is 18.0 Å². The Kier molecular flexibility index (Phi) is 8.57. The average Bonchev–Trinajstić information content (AvgIpc) is 2.59. The molecule has 0 aromatic carbocycles. The van der Waals surface area contributed by atoms with Crippen LogP contribution in [0.1, 0.15) is 67.2 Å². The highest BCUT2D eigenvalue weighted by molar-refractivity contribution is 5.99. The van der Waals surface area contributed by atoms with E-state index in [9.17, 15) is 14.4 Å². The van der Waals surface area contributed by atoms with Crippen molar-refractivity contribution in [2.24, 2.45) is 11.3 Å². The number of piperidine rings is 1. The van der Waals surface area contributed by atoms with E-state index in [1.54, 1.807) is 25.7 Å². The maximum absolute atomic E-state index is 12.3. The van der Waals surface area contributed by atoms with Crippen molar-refractivity contribution in [1.82, 2.24) is 4.90 Å². The molecule has 1 aliphatic rings. The van der Waals surface area contributed by atoms with E-state index in [-0.39, 0.29) is 19.3 Å². The molecule has 0 spiro atoms. The zero-order valence-electron chi connectivity index (χ0n) is 17.6. The van der Waals surface area contributed by atoms with Crippen LogP contribution in [0, 0.1) is 11.3 Å². The molecule has 0 bridgehead atoms. The van der Waals surface area contributed by atoms with E-state index >= 15 is 0 Å². The van der Waals surface area contributed by atoms with E-state index in [0.29, 0.717) is 31.8 Å². The van der Waals surface area contributed by atoms with Crippen LogP contribution in [0.3, 0.4) is 0 Å². The van der Waals surface area contributed by atoms with Gasteiger partial charge in [0.2, 0.25) is 0 Å². The molecule has 1 heterocycles. The first-order valence-electron chi connectivity index (χ1n) is 9.85. The summed E-state index contributed by atoms with van der Waals surface area (Å²) in [5.74, 6) is -0.726. The largest absolute Gasteiger partial charge is 0.465 e. The van der Waals surface area contributed by atoms with E-state index < -0.39 is 23.0 Å². The van der Waals surface area contributed by atoms with E-state index in [2.05, 4.69) is 0 Å². The van der Waals surface area contributed by atoms with Crippen LogP contribution in [0.4, 0.5) is 4.79 Å². The summed E-state index contributed by atoms with van der Waals surface area (Å²) in [7, 11) is 0. The highest BCUT2D eigenvalue weighted by Gasteiger charge is 2.44. The normalized spacial score (nSPS) is 16.0. The number of ether oxygens (including phenoxy) is 3. The molecule has 0 aromatic heterocycles. The Morgan fingerprint density at radius 3 is 1.81 bits per heavy atom. The highest BCUT2D eigenvalue weighted by Crippen LogP contribution is 2.32. The molecule has 156 valence electrons. The summed E-state index contributed by atoms with van der Waals surface area (Å²) < 4.78 is 15.6. The molecule has 1 aliphatic heterocycles. The van der Waals surface area contributed by atoms with E-state index in [4.69, 9.17) is 14.2 Å². The van der Waals surface area contributed by atoms with Crippen LogP contribution >= 0.6 is 0 Å². The molecule has 0 atom stereocenters. The molecular weight excluding hydrogens is 350 g/mol. The molecule has 27 heavy (non-hydrogen) atoms. The lowest BCUT2D eigenvalue weighted by atomic mass is 9.80. The minimum absolute atomic E-state index is 0.224. The van der Waals surface area contributed by atoms with Crippen molar-refractivity contribution in [3.05, 3.63) is 0 Å². The summed E-state index contributed by atoms with van der Waals surface area (Å²) >= 11 is 0. The molecule has 1 saturated heterocycles. The Bertz CT molecular complexity index is 499. The van der Waals surface area contributed by atoms with Crippen LogP contribution < -0.4 is 0 Å². The molecule has 0 saturated carbocycles. The van der Waals surface area contributed by atoms with Gasteiger partial charge in [0, 0.05) is 13.1 Å². The first-order chi connectivity index (χ1) is 12.5. The van der Waals surface area contributed by atoms with Gasteiger partial charge in [-0.3, -0.25) is 9.59 Å². The van der Waals surface area contributed by atoms with Gasteiger partial charge in [0.15, 0.2) is 5.41 Å². The van der Waals surface area contributed by atoms with Gasteiger partial charge in [-0.25, -0.2) is 4.79 Å². The van der Waals surface area contributed by atoms with Crippen molar-refractivity contribution in [2.75, 3.05) is 26.3 Å². The Balaban J connectivity index is 2.59. The minimum Gasteiger partial charge on any atom is -0.465 e. The maximum atomic E-state index is 12.3. The summed E-state index contributed by atoms with van der Waals surface area (Å²) in [5.41, 5.74) is -1.79. The fourth-order valence-corrected chi connectivity index (χ4v) is 3.09. The molecule has 0 aliphatic carbocycles. The third kappa shape index (κ3) is 7.03. The summed E-state index contributed by atoms with van der Waals surface area (Å²) in [6.07, 6.45) is 2.43. The van der Waals surface area contributed by atoms with Crippen molar-refractivity contribution in [2.45, 2.75) is 72.8 Å². The zero-order valence-corrected chi connectivity index (χ0v) is 17.6. The Morgan fingerprint density at radius 2 is 1.41 bits per heavy atom. The number of nitrogens with zero attached hydrogens (tertiary/aromatic N) is 1.